The molecule has 4 rings (SSSR count). The number of ether oxygens (including phenoxy) is 3. The molecule has 0 radical (unpaired) electrons. The molecule has 1 amide bonds. The van der Waals surface area contributed by atoms with E-state index in [4.69, 9.17) is 18.6 Å². The minimum absolute atomic E-state index is 0.0164. The Morgan fingerprint density at radius 2 is 1.57 bits per heavy atom. The summed E-state index contributed by atoms with van der Waals surface area (Å²) in [7, 11) is -0.559. The Morgan fingerprint density at radius 3 is 2.12 bits per heavy atom. The van der Waals surface area contributed by atoms with Crippen LogP contribution >= 0.6 is 0 Å². The highest BCUT2D eigenvalue weighted by atomic mass is 28.4. The van der Waals surface area contributed by atoms with E-state index in [1.807, 2.05) is 29.3 Å². The maximum absolute atomic E-state index is 13.9. The van der Waals surface area contributed by atoms with Crippen LogP contribution < -0.4 is 13.9 Å². The summed E-state index contributed by atoms with van der Waals surface area (Å²) in [5.74, 6) is 1.77. The van der Waals surface area contributed by atoms with Crippen LogP contribution in [0.1, 0.15) is 96.6 Å². The van der Waals surface area contributed by atoms with Crippen LogP contribution in [-0.2, 0) is 11.2 Å². The number of amides is 1. The van der Waals surface area contributed by atoms with E-state index in [-0.39, 0.29) is 11.9 Å². The fourth-order valence-corrected chi connectivity index (χ4v) is 11.9. The molecule has 7 nitrogen and oxygen atoms in total. The van der Waals surface area contributed by atoms with Crippen molar-refractivity contribution in [3.8, 4) is 17.2 Å². The highest BCUT2D eigenvalue weighted by Gasteiger charge is 2.47. The molecule has 0 spiro atoms. The van der Waals surface area contributed by atoms with Gasteiger partial charge in [0.2, 0.25) is 0 Å². The van der Waals surface area contributed by atoms with E-state index < -0.39 is 20.1 Å². The van der Waals surface area contributed by atoms with E-state index in [1.165, 1.54) is 0 Å². The molecule has 2 aliphatic heterocycles. The van der Waals surface area contributed by atoms with Crippen LogP contribution in [0, 0.1) is 0 Å². The molecular formula is C34H47NO6Si. The van der Waals surface area contributed by atoms with Gasteiger partial charge in [-0.3, -0.25) is 4.79 Å². The third-order valence-corrected chi connectivity index (χ3v) is 14.5. The zero-order valence-electron chi connectivity index (χ0n) is 26.9. The smallest absolute Gasteiger partial charge is 0.514 e. The van der Waals surface area contributed by atoms with Gasteiger partial charge in [-0.05, 0) is 97.6 Å². The quantitative estimate of drug-likeness (QED) is 0.173. The first-order valence-electron chi connectivity index (χ1n) is 15.1. The Hall–Kier alpha value is -3.26. The van der Waals surface area contributed by atoms with Gasteiger partial charge >= 0.3 is 6.16 Å². The summed E-state index contributed by atoms with van der Waals surface area (Å²) >= 11 is 0. The Balaban J connectivity index is 1.58. The number of nitrogens with zero attached hydrogens (tertiary/aromatic N) is 1. The lowest BCUT2D eigenvalue weighted by molar-refractivity contribution is 0.0206. The van der Waals surface area contributed by atoms with Crippen molar-refractivity contribution in [2.45, 2.75) is 110 Å². The average molecular weight is 594 g/mol. The lowest BCUT2D eigenvalue weighted by atomic mass is 9.97. The fraction of sp³-hybridized carbons (Fsp3) is 0.529. The van der Waals surface area contributed by atoms with Crippen molar-refractivity contribution >= 4 is 26.0 Å². The molecule has 2 aromatic rings. The van der Waals surface area contributed by atoms with E-state index in [0.717, 1.165) is 41.7 Å². The molecule has 0 N–H and O–H groups in total. The van der Waals surface area contributed by atoms with Gasteiger partial charge in [-0.2, -0.15) is 0 Å². The molecule has 8 heteroatoms. The third kappa shape index (κ3) is 6.38. The Bertz CT molecular complexity index is 1320. The van der Waals surface area contributed by atoms with Crippen LogP contribution in [0.5, 0.6) is 17.2 Å². The number of carbonyl (C=O) groups excluding carboxylic acids is 2. The molecule has 0 unspecified atom stereocenters. The summed E-state index contributed by atoms with van der Waals surface area (Å²) < 4.78 is 23.4. The van der Waals surface area contributed by atoms with E-state index in [9.17, 15) is 9.59 Å². The number of methoxy groups -OCH3 is 1. The maximum atomic E-state index is 13.9. The topological polar surface area (TPSA) is 74.3 Å². The summed E-state index contributed by atoms with van der Waals surface area (Å²) in [6, 6.07) is 11.4. The molecule has 1 atom stereocenters. The molecule has 2 aliphatic rings. The van der Waals surface area contributed by atoms with Gasteiger partial charge in [0.25, 0.3) is 14.2 Å². The second kappa shape index (κ2) is 12.2. The van der Waals surface area contributed by atoms with Gasteiger partial charge in [0.1, 0.15) is 17.1 Å². The number of rotatable bonds is 8. The van der Waals surface area contributed by atoms with Gasteiger partial charge in [-0.25, -0.2) is 4.79 Å². The van der Waals surface area contributed by atoms with Gasteiger partial charge in [0, 0.05) is 17.8 Å². The molecule has 2 heterocycles. The molecule has 228 valence electrons. The number of hydrogen-bond donors (Lipinski definition) is 0. The number of fused-ring (bicyclic) bond motifs is 2. The molecule has 0 fully saturated rings. The Labute approximate surface area is 252 Å². The average Bonchev–Trinajstić information content (AvgIpc) is 3.28. The third-order valence-electron chi connectivity index (χ3n) is 8.55. The van der Waals surface area contributed by atoms with Crippen molar-refractivity contribution in [2.24, 2.45) is 0 Å². The van der Waals surface area contributed by atoms with Gasteiger partial charge in [-0.15, -0.1) is 0 Å². The van der Waals surface area contributed by atoms with Crippen molar-refractivity contribution in [3.63, 3.8) is 0 Å². The molecule has 0 saturated heterocycles. The van der Waals surface area contributed by atoms with Crippen LogP contribution in [-0.4, -0.2) is 44.0 Å². The monoisotopic (exact) mass is 593 g/mol. The number of hydrogen-bond acceptors (Lipinski definition) is 6. The minimum atomic E-state index is -2.20. The van der Waals surface area contributed by atoms with Crippen molar-refractivity contribution in [1.29, 1.82) is 0 Å². The van der Waals surface area contributed by atoms with Crippen LogP contribution in [0.15, 0.2) is 42.6 Å². The van der Waals surface area contributed by atoms with E-state index in [2.05, 4.69) is 47.6 Å². The first-order valence-corrected chi connectivity index (χ1v) is 17.2. The molecule has 42 heavy (non-hydrogen) atoms. The van der Waals surface area contributed by atoms with Gasteiger partial charge in [-0.1, -0.05) is 53.7 Å². The number of benzene rings is 2. The molecule has 0 bridgehead atoms. The minimum Gasteiger partial charge on any atom is -0.540 e. The largest absolute Gasteiger partial charge is 0.540 e. The predicted molar refractivity (Wildman–Crippen MR) is 169 cm³/mol. The van der Waals surface area contributed by atoms with E-state index in [0.29, 0.717) is 33.7 Å². The summed E-state index contributed by atoms with van der Waals surface area (Å²) in [4.78, 5) is 27.8. The van der Waals surface area contributed by atoms with Crippen molar-refractivity contribution < 1.29 is 28.2 Å². The van der Waals surface area contributed by atoms with Crippen LogP contribution in [0.3, 0.4) is 0 Å². The second-order valence-corrected chi connectivity index (χ2v) is 18.8. The summed E-state index contributed by atoms with van der Waals surface area (Å²) in [5, 5.41) is 0. The van der Waals surface area contributed by atoms with E-state index in [1.54, 1.807) is 40.0 Å². The maximum Gasteiger partial charge on any atom is 0.514 e. The van der Waals surface area contributed by atoms with Gasteiger partial charge in [0.05, 0.1) is 7.11 Å². The highest BCUT2D eigenvalue weighted by molar-refractivity contribution is 6.78. The normalized spacial score (nSPS) is 17.2. The van der Waals surface area contributed by atoms with Crippen LogP contribution in [0.25, 0.3) is 5.57 Å². The van der Waals surface area contributed by atoms with Gasteiger partial charge in [0.15, 0.2) is 5.75 Å². The first kappa shape index (κ1) is 31.7. The Morgan fingerprint density at radius 1 is 0.952 bits per heavy atom. The van der Waals surface area contributed by atoms with Crippen LogP contribution in [0.4, 0.5) is 4.79 Å². The SMILES string of the molecule is COc1cc2c(cc1O[Si](C(C)C)(C(C)C)C(C)C)CC[C@@H]1CC(c3ccc(OC(=O)OC(C)(C)C)cc3)=CN1C2=O. The van der Waals surface area contributed by atoms with E-state index >= 15 is 0 Å². The van der Waals surface area contributed by atoms with Crippen molar-refractivity contribution in [1.82, 2.24) is 4.90 Å². The summed E-state index contributed by atoms with van der Waals surface area (Å²) in [6.07, 6.45) is 3.63. The zero-order valence-corrected chi connectivity index (χ0v) is 27.9. The Kier molecular flexibility index (Phi) is 9.16. The highest BCUT2D eigenvalue weighted by Crippen LogP contribution is 2.46. The van der Waals surface area contributed by atoms with Crippen molar-refractivity contribution in [3.05, 3.63) is 59.3 Å². The van der Waals surface area contributed by atoms with Crippen molar-refractivity contribution in [2.75, 3.05) is 7.11 Å². The molecule has 2 aromatic carbocycles. The molecule has 0 aliphatic carbocycles. The molecule has 0 aromatic heterocycles. The summed E-state index contributed by atoms with van der Waals surface area (Å²) in [5.41, 5.74) is 4.41. The first-order chi connectivity index (χ1) is 19.7. The molecule has 0 saturated carbocycles. The fourth-order valence-electron chi connectivity index (χ4n) is 6.69. The summed E-state index contributed by atoms with van der Waals surface area (Å²) in [6.45, 7) is 19.0. The number of aryl methyl sites for hydroxylation is 1. The van der Waals surface area contributed by atoms with Crippen LogP contribution in [0.2, 0.25) is 16.6 Å². The van der Waals surface area contributed by atoms with Gasteiger partial charge < -0.3 is 23.5 Å². The molecular weight excluding hydrogens is 546 g/mol. The lowest BCUT2D eigenvalue weighted by Crippen LogP contribution is -2.50. The predicted octanol–water partition coefficient (Wildman–Crippen LogP) is 8.77. The standard InChI is InChI=1S/C34H47NO6Si/c1-21(2)42(22(3)4,23(5)6)41-31-18-25-11-14-27-17-26(20-35(27)32(36)29(25)19-30(31)38-10)24-12-15-28(16-13-24)39-33(37)40-34(7,8)9/h12-13,15-16,18-23,27H,11,14,17H2,1-10H3/t27-/m1/s1. The second-order valence-electron chi connectivity index (χ2n) is 13.4. The number of carbonyl (C=O) groups is 2. The lowest BCUT2D eigenvalue weighted by Gasteiger charge is -2.42. The zero-order chi connectivity index (χ0) is 31.0.